The van der Waals surface area contributed by atoms with E-state index < -0.39 is 67.3 Å². The number of fused-ring (bicyclic) bond motifs is 1. The number of amides is 5. The van der Waals surface area contributed by atoms with E-state index in [-0.39, 0.29) is 28.9 Å². The molecule has 1 heterocycles. The number of ketones is 1. The lowest BCUT2D eigenvalue weighted by Crippen LogP contribution is -2.65. The third-order valence-electron chi connectivity index (χ3n) is 14.5. The number of carbonyl (C=O) groups excluding carboxylic acids is 5. The molecular weight excluding hydrogens is 719 g/mol. The average molecular weight is 788 g/mol. The largest absolute Gasteiger partial charge is 0.349 e. The van der Waals surface area contributed by atoms with Crippen molar-refractivity contribution in [3.05, 3.63) is 0 Å². The lowest BCUT2D eigenvalue weighted by Gasteiger charge is -2.44. The van der Waals surface area contributed by atoms with Gasteiger partial charge in [-0.15, -0.1) is 0 Å². The first-order valence-corrected chi connectivity index (χ1v) is 23.2. The number of piperidine rings is 1. The van der Waals surface area contributed by atoms with Crippen LogP contribution in [0.1, 0.15) is 151 Å². The molecule has 1 unspecified atom stereocenters. The van der Waals surface area contributed by atoms with Crippen LogP contribution in [-0.4, -0.2) is 90.1 Å². The molecule has 0 bridgehead atoms. The SMILES string of the molecule is CC1([C@H](NC(=O)NC2(CS(=O)(=O)C(C)(C)C)CCCCC2)C(=O)N2C[C@H]3[C@@H]([C@H]2C(=O)NC(CCC2CC2)C(=O)C(=O)NCCC2CC2)C3(C)C)CCCCC1. The first-order valence-electron chi connectivity index (χ1n) is 21.5. The molecule has 5 atom stereocenters. The number of hydrogen-bond donors (Lipinski definition) is 4. The van der Waals surface area contributed by atoms with Crippen molar-refractivity contribution in [3.8, 4) is 0 Å². The molecule has 5 saturated carbocycles. The number of nitrogens with zero attached hydrogens (tertiary/aromatic N) is 1. The summed E-state index contributed by atoms with van der Waals surface area (Å²) in [5.41, 5.74) is -1.70. The molecule has 0 radical (unpaired) electrons. The topological polar surface area (TPSA) is 171 Å². The van der Waals surface area contributed by atoms with Crippen LogP contribution in [0.15, 0.2) is 0 Å². The van der Waals surface area contributed by atoms with Gasteiger partial charge in [-0.25, -0.2) is 13.2 Å². The van der Waals surface area contributed by atoms with Crippen molar-refractivity contribution in [3.63, 3.8) is 0 Å². The summed E-state index contributed by atoms with van der Waals surface area (Å²) in [7, 11) is -3.57. The minimum atomic E-state index is -3.57. The summed E-state index contributed by atoms with van der Waals surface area (Å²) >= 11 is 0. The summed E-state index contributed by atoms with van der Waals surface area (Å²) < 4.78 is 26.0. The number of hydrogen-bond acceptors (Lipinski definition) is 7. The van der Waals surface area contributed by atoms with Gasteiger partial charge in [-0.3, -0.25) is 19.2 Å². The van der Waals surface area contributed by atoms with Gasteiger partial charge in [0, 0.05) is 13.1 Å². The Hall–Kier alpha value is -2.70. The lowest BCUT2D eigenvalue weighted by molar-refractivity contribution is -0.146. The third-order valence-corrected chi connectivity index (χ3v) is 17.3. The molecule has 1 saturated heterocycles. The number of likely N-dealkylation sites (tertiary alicyclic amines) is 1. The molecule has 6 fully saturated rings. The van der Waals surface area contributed by atoms with Gasteiger partial charge in [0.1, 0.15) is 12.1 Å². The van der Waals surface area contributed by atoms with Crippen LogP contribution in [0.2, 0.25) is 0 Å². The predicted molar refractivity (Wildman–Crippen MR) is 212 cm³/mol. The van der Waals surface area contributed by atoms with Crippen molar-refractivity contribution in [1.29, 1.82) is 0 Å². The standard InChI is InChI=1S/C42H69N5O7S/c1-39(2,3)55(53,54)26-42(22-11-8-12-23-42)46-38(52)45-34(41(6)20-9-7-10-21-41)37(51)47-25-29-31(40(29,4)5)32(47)35(49)44-30(18-17-27-13-14-27)33(48)36(50)43-24-19-28-15-16-28/h27-32,34H,7-26H2,1-6H3,(H,43,50)(H,44,49)(H2,45,46,52)/t29-,30?,31-,32-,34+/m0/s1. The second kappa shape index (κ2) is 15.9. The zero-order valence-corrected chi connectivity index (χ0v) is 35.2. The smallest absolute Gasteiger partial charge is 0.315 e. The van der Waals surface area contributed by atoms with Crippen LogP contribution < -0.4 is 21.3 Å². The third kappa shape index (κ3) is 9.54. The van der Waals surface area contributed by atoms with Gasteiger partial charge in [0.25, 0.3) is 5.91 Å². The first kappa shape index (κ1) is 41.9. The molecule has 4 N–H and O–H groups in total. The van der Waals surface area contributed by atoms with Crippen LogP contribution in [0.4, 0.5) is 4.79 Å². The minimum Gasteiger partial charge on any atom is -0.349 e. The van der Waals surface area contributed by atoms with Crippen molar-refractivity contribution < 1.29 is 32.4 Å². The van der Waals surface area contributed by atoms with E-state index >= 15 is 4.79 Å². The van der Waals surface area contributed by atoms with Crippen molar-refractivity contribution in [1.82, 2.24) is 26.2 Å². The van der Waals surface area contributed by atoms with Gasteiger partial charge in [0.15, 0.2) is 9.84 Å². The monoisotopic (exact) mass is 787 g/mol. The Labute approximate surface area is 329 Å². The molecule has 0 spiro atoms. The summed E-state index contributed by atoms with van der Waals surface area (Å²) in [5.74, 6) is -1.14. The highest BCUT2D eigenvalue weighted by molar-refractivity contribution is 7.92. The fraction of sp³-hybridized carbons (Fsp3) is 0.881. The first-order chi connectivity index (χ1) is 25.8. The van der Waals surface area contributed by atoms with E-state index in [0.29, 0.717) is 44.2 Å². The van der Waals surface area contributed by atoms with Crippen LogP contribution in [0.3, 0.4) is 0 Å². The molecule has 12 nitrogen and oxygen atoms in total. The fourth-order valence-corrected chi connectivity index (χ4v) is 11.6. The van der Waals surface area contributed by atoms with Crippen molar-refractivity contribution in [2.75, 3.05) is 18.8 Å². The van der Waals surface area contributed by atoms with Gasteiger partial charge >= 0.3 is 6.03 Å². The molecule has 0 aromatic carbocycles. The fourth-order valence-electron chi connectivity index (χ4n) is 10.1. The zero-order chi connectivity index (χ0) is 40.0. The van der Waals surface area contributed by atoms with Crippen molar-refractivity contribution in [2.45, 2.75) is 179 Å². The number of Topliss-reactive ketones (excluding diaryl/α,β-unsaturated/α-hetero) is 1. The summed E-state index contributed by atoms with van der Waals surface area (Å²) in [4.78, 5) is 71.9. The van der Waals surface area contributed by atoms with Crippen LogP contribution in [0.5, 0.6) is 0 Å². The Bertz CT molecular complexity index is 1580. The number of carbonyl (C=O) groups is 5. The Balaban J connectivity index is 1.22. The molecule has 0 aromatic heterocycles. The van der Waals surface area contributed by atoms with E-state index in [4.69, 9.17) is 0 Å². The normalized spacial score (nSPS) is 27.9. The molecule has 6 rings (SSSR count). The molecule has 55 heavy (non-hydrogen) atoms. The average Bonchev–Trinajstić information content (AvgIpc) is 4.07. The van der Waals surface area contributed by atoms with E-state index in [0.717, 1.165) is 89.9 Å². The molecular formula is C42H69N5O7S. The maximum Gasteiger partial charge on any atom is 0.315 e. The second-order valence-corrected chi connectivity index (χ2v) is 23.0. The van der Waals surface area contributed by atoms with Gasteiger partial charge < -0.3 is 26.2 Å². The van der Waals surface area contributed by atoms with Gasteiger partial charge in [-0.05, 0) is 100 Å². The summed E-state index contributed by atoms with van der Waals surface area (Å²) in [6.07, 6.45) is 14.4. The van der Waals surface area contributed by atoms with Crippen molar-refractivity contribution >= 4 is 39.4 Å². The van der Waals surface area contributed by atoms with Crippen LogP contribution in [-0.2, 0) is 29.0 Å². The van der Waals surface area contributed by atoms with Gasteiger partial charge in [-0.1, -0.05) is 85.0 Å². The van der Waals surface area contributed by atoms with E-state index in [9.17, 15) is 27.6 Å². The van der Waals surface area contributed by atoms with Crippen LogP contribution >= 0.6 is 0 Å². The van der Waals surface area contributed by atoms with Crippen molar-refractivity contribution in [2.24, 2.45) is 34.5 Å². The van der Waals surface area contributed by atoms with Gasteiger partial charge in [0.2, 0.25) is 17.6 Å². The summed E-state index contributed by atoms with van der Waals surface area (Å²) in [6, 6.07) is -3.31. The number of rotatable bonds is 16. The quantitative estimate of drug-likeness (QED) is 0.156. The molecule has 13 heteroatoms. The number of nitrogens with one attached hydrogen (secondary N) is 4. The highest BCUT2D eigenvalue weighted by Gasteiger charge is 2.70. The zero-order valence-electron chi connectivity index (χ0n) is 34.4. The molecule has 5 amide bonds. The number of sulfone groups is 1. The molecule has 6 aliphatic rings. The summed E-state index contributed by atoms with van der Waals surface area (Å²) in [5, 5.41) is 11.9. The Morgan fingerprint density at radius 3 is 1.96 bits per heavy atom. The Morgan fingerprint density at radius 1 is 0.800 bits per heavy atom. The van der Waals surface area contributed by atoms with E-state index in [1.165, 1.54) is 0 Å². The molecule has 0 aromatic rings. The molecule has 310 valence electrons. The predicted octanol–water partition coefficient (Wildman–Crippen LogP) is 5.18. The Morgan fingerprint density at radius 2 is 1.38 bits per heavy atom. The van der Waals surface area contributed by atoms with E-state index in [1.54, 1.807) is 25.7 Å². The maximum atomic E-state index is 15.0. The van der Waals surface area contributed by atoms with E-state index in [1.807, 2.05) is 6.92 Å². The van der Waals surface area contributed by atoms with Crippen LogP contribution in [0.25, 0.3) is 0 Å². The van der Waals surface area contributed by atoms with Crippen LogP contribution in [0, 0.1) is 34.5 Å². The lowest BCUT2D eigenvalue weighted by atomic mass is 9.70. The van der Waals surface area contributed by atoms with E-state index in [2.05, 4.69) is 35.1 Å². The maximum absolute atomic E-state index is 15.0. The minimum absolute atomic E-state index is 0.0836. The second-order valence-electron chi connectivity index (χ2n) is 20.3. The van der Waals surface area contributed by atoms with Gasteiger partial charge in [-0.2, -0.15) is 0 Å². The highest BCUT2D eigenvalue weighted by atomic mass is 32.2. The number of urea groups is 1. The highest BCUT2D eigenvalue weighted by Crippen LogP contribution is 2.65. The van der Waals surface area contributed by atoms with Gasteiger partial charge in [0.05, 0.1) is 22.1 Å². The Kier molecular flexibility index (Phi) is 12.1. The molecule has 1 aliphatic heterocycles. The summed E-state index contributed by atoms with van der Waals surface area (Å²) in [6.45, 7) is 12.1. The molecule has 5 aliphatic carbocycles.